The smallest absolute Gasteiger partial charge is 0.409 e. The second-order valence-electron chi connectivity index (χ2n) is 8.81. The lowest BCUT2D eigenvalue weighted by molar-refractivity contribution is -0.149. The third-order valence-corrected chi connectivity index (χ3v) is 5.62. The van der Waals surface area contributed by atoms with Crippen LogP contribution in [0.3, 0.4) is 0 Å². The molecule has 1 amide bonds. The number of aliphatic carboxylic acids is 1. The number of amides is 1. The van der Waals surface area contributed by atoms with E-state index in [4.69, 9.17) is 18.7 Å². The molecule has 1 aromatic heterocycles. The van der Waals surface area contributed by atoms with E-state index in [1.165, 1.54) is 0 Å². The van der Waals surface area contributed by atoms with Crippen LogP contribution in [0.15, 0.2) is 28.8 Å². The molecule has 1 saturated heterocycles. The predicted octanol–water partition coefficient (Wildman–Crippen LogP) is 4.13. The van der Waals surface area contributed by atoms with Gasteiger partial charge in [0.2, 0.25) is 0 Å². The molecule has 0 aliphatic carbocycles. The van der Waals surface area contributed by atoms with Crippen molar-refractivity contribution in [3.63, 3.8) is 0 Å². The maximum Gasteiger partial charge on any atom is 0.409 e. The van der Waals surface area contributed by atoms with Gasteiger partial charge >= 0.3 is 12.1 Å². The minimum absolute atomic E-state index is 0.0593. The van der Waals surface area contributed by atoms with Crippen molar-refractivity contribution in [3.05, 3.63) is 35.5 Å². The van der Waals surface area contributed by atoms with Gasteiger partial charge in [0.1, 0.15) is 18.5 Å². The summed E-state index contributed by atoms with van der Waals surface area (Å²) in [7, 11) is 1.72. The second kappa shape index (κ2) is 11.2. The lowest BCUT2D eigenvalue weighted by atomic mass is 10.0. The molecule has 2 atom stereocenters. The Labute approximate surface area is 193 Å². The number of hydrogen-bond donors (Lipinski definition) is 1. The van der Waals surface area contributed by atoms with Crippen molar-refractivity contribution < 1.29 is 33.4 Å². The zero-order valence-electron chi connectivity index (χ0n) is 19.6. The second-order valence-corrected chi connectivity index (χ2v) is 8.81. The maximum atomic E-state index is 12.3. The lowest BCUT2D eigenvalue weighted by Crippen LogP contribution is -2.37. The molecular formula is C24H32N2O7. The topological polar surface area (TPSA) is 111 Å². The van der Waals surface area contributed by atoms with Crippen molar-refractivity contribution in [2.45, 2.75) is 46.3 Å². The normalized spacial score (nSPS) is 18.2. The first-order valence-corrected chi connectivity index (χ1v) is 11.1. The molecular weight excluding hydrogens is 428 g/mol. The summed E-state index contributed by atoms with van der Waals surface area (Å²) in [4.78, 5) is 25.1. The van der Waals surface area contributed by atoms with Gasteiger partial charge in [0.25, 0.3) is 0 Å². The van der Waals surface area contributed by atoms with Crippen LogP contribution in [0.5, 0.6) is 5.75 Å². The number of carboxylic acid groups (broad SMARTS) is 1. The average molecular weight is 461 g/mol. The van der Waals surface area contributed by atoms with Gasteiger partial charge in [0, 0.05) is 25.6 Å². The van der Waals surface area contributed by atoms with Crippen LogP contribution in [0, 0.1) is 18.8 Å². The van der Waals surface area contributed by atoms with Crippen molar-refractivity contribution >= 4 is 12.1 Å². The average Bonchev–Trinajstić information content (AvgIpc) is 3.16. The van der Waals surface area contributed by atoms with Crippen LogP contribution in [0.1, 0.15) is 37.9 Å². The van der Waals surface area contributed by atoms with E-state index >= 15 is 0 Å². The molecule has 9 heteroatoms. The molecule has 1 aliphatic heterocycles. The Hall–Kier alpha value is -3.07. The Kier molecular flexibility index (Phi) is 8.32. The molecule has 0 bridgehead atoms. The van der Waals surface area contributed by atoms with E-state index in [0.717, 1.165) is 12.0 Å². The van der Waals surface area contributed by atoms with Crippen LogP contribution in [0.2, 0.25) is 0 Å². The Morgan fingerprint density at radius 2 is 1.97 bits per heavy atom. The zero-order valence-corrected chi connectivity index (χ0v) is 19.6. The number of benzene rings is 1. The van der Waals surface area contributed by atoms with E-state index in [0.29, 0.717) is 48.3 Å². The van der Waals surface area contributed by atoms with E-state index in [2.05, 4.69) is 19.0 Å². The van der Waals surface area contributed by atoms with Gasteiger partial charge in [0.15, 0.2) is 5.76 Å². The zero-order chi connectivity index (χ0) is 24.0. The summed E-state index contributed by atoms with van der Waals surface area (Å²) >= 11 is 0. The van der Waals surface area contributed by atoms with Crippen LogP contribution in [-0.4, -0.2) is 60.1 Å². The fourth-order valence-corrected chi connectivity index (χ4v) is 3.50. The molecule has 0 radical (unpaired) electrons. The number of nitrogens with zero attached hydrogens (tertiary/aromatic N) is 2. The van der Waals surface area contributed by atoms with Gasteiger partial charge < -0.3 is 28.7 Å². The number of hydrogen-bond acceptors (Lipinski definition) is 7. The molecule has 3 rings (SSSR count). The summed E-state index contributed by atoms with van der Waals surface area (Å²) in [6.07, 6.45) is 0.599. The summed E-state index contributed by atoms with van der Waals surface area (Å²) < 4.78 is 22.2. The van der Waals surface area contributed by atoms with Crippen molar-refractivity contribution in [3.8, 4) is 17.1 Å². The maximum absolute atomic E-state index is 12.3. The minimum atomic E-state index is -0.876. The third-order valence-electron chi connectivity index (χ3n) is 5.62. The lowest BCUT2D eigenvalue weighted by Gasteiger charge is -2.27. The number of aryl methyl sites for hydroxylation is 1. The third kappa shape index (κ3) is 6.71. The highest BCUT2D eigenvalue weighted by atomic mass is 16.6. The van der Waals surface area contributed by atoms with Crippen LogP contribution in [-0.2, 0) is 20.9 Å². The van der Waals surface area contributed by atoms with E-state index in [1.807, 2.05) is 12.1 Å². The van der Waals surface area contributed by atoms with Crippen molar-refractivity contribution in [2.75, 3.05) is 26.8 Å². The summed E-state index contributed by atoms with van der Waals surface area (Å²) in [6, 6.07) is 7.22. The number of carbonyl (C=O) groups is 2. The Morgan fingerprint density at radius 1 is 1.24 bits per heavy atom. The fraction of sp³-hybridized carbons (Fsp3) is 0.542. The molecule has 1 aliphatic rings. The Balaban J connectivity index is 1.61. The molecule has 2 heterocycles. The van der Waals surface area contributed by atoms with E-state index in [1.54, 1.807) is 31.0 Å². The molecule has 1 aromatic carbocycles. The van der Waals surface area contributed by atoms with Gasteiger partial charge in [-0.15, -0.1) is 0 Å². The SMILES string of the molecule is Cc1noc(-c2ccc(OC3COC[C@H](C(=O)O)C3)cc2)c1COC(=O)N(C)CCC(C)C. The van der Waals surface area contributed by atoms with Crippen LogP contribution in [0.4, 0.5) is 4.79 Å². The molecule has 9 nitrogen and oxygen atoms in total. The summed E-state index contributed by atoms with van der Waals surface area (Å²) in [5.41, 5.74) is 2.13. The van der Waals surface area contributed by atoms with Crippen LogP contribution in [0.25, 0.3) is 11.3 Å². The highest BCUT2D eigenvalue weighted by Gasteiger charge is 2.29. The van der Waals surface area contributed by atoms with Crippen molar-refractivity contribution in [2.24, 2.45) is 11.8 Å². The predicted molar refractivity (Wildman–Crippen MR) is 120 cm³/mol. The van der Waals surface area contributed by atoms with Crippen molar-refractivity contribution in [1.29, 1.82) is 0 Å². The quantitative estimate of drug-likeness (QED) is 0.594. The van der Waals surface area contributed by atoms with E-state index in [-0.39, 0.29) is 25.4 Å². The molecule has 0 saturated carbocycles. The van der Waals surface area contributed by atoms with Gasteiger partial charge in [-0.1, -0.05) is 19.0 Å². The first-order chi connectivity index (χ1) is 15.7. The highest BCUT2D eigenvalue weighted by molar-refractivity contribution is 5.70. The monoisotopic (exact) mass is 460 g/mol. The van der Waals surface area contributed by atoms with Gasteiger partial charge in [-0.05, 0) is 43.5 Å². The summed E-state index contributed by atoms with van der Waals surface area (Å²) in [5, 5.41) is 13.2. The number of carboxylic acids is 1. The molecule has 2 aromatic rings. The number of carbonyl (C=O) groups excluding carboxylic acids is 1. The fourth-order valence-electron chi connectivity index (χ4n) is 3.50. The minimum Gasteiger partial charge on any atom is -0.488 e. The van der Waals surface area contributed by atoms with E-state index in [9.17, 15) is 14.7 Å². The molecule has 1 fully saturated rings. The largest absolute Gasteiger partial charge is 0.488 e. The molecule has 33 heavy (non-hydrogen) atoms. The number of aromatic nitrogens is 1. The van der Waals surface area contributed by atoms with E-state index < -0.39 is 11.9 Å². The molecule has 180 valence electrons. The Morgan fingerprint density at radius 3 is 2.64 bits per heavy atom. The standard InChI is InChI=1S/C24H32N2O7/c1-15(2)9-10-26(4)24(29)31-14-21-16(3)25-33-22(21)17-5-7-19(8-6-17)32-20-11-18(23(27)28)12-30-13-20/h5-8,15,18,20H,9-14H2,1-4H3,(H,27,28)/t18-,20?/m1/s1. The molecule has 1 unspecified atom stereocenters. The first-order valence-electron chi connectivity index (χ1n) is 11.1. The van der Waals surface area contributed by atoms with Gasteiger partial charge in [-0.25, -0.2) is 4.79 Å². The summed E-state index contributed by atoms with van der Waals surface area (Å²) in [6.45, 7) is 7.28. The molecule has 0 spiro atoms. The van der Waals surface area contributed by atoms with Gasteiger partial charge in [-0.3, -0.25) is 4.79 Å². The van der Waals surface area contributed by atoms with Crippen LogP contribution >= 0.6 is 0 Å². The Bertz CT molecular complexity index is 939. The number of ether oxygens (including phenoxy) is 3. The number of rotatable bonds is 9. The highest BCUT2D eigenvalue weighted by Crippen LogP contribution is 2.29. The molecule has 1 N–H and O–H groups in total. The summed E-state index contributed by atoms with van der Waals surface area (Å²) in [5.74, 6) is 0.204. The van der Waals surface area contributed by atoms with Crippen molar-refractivity contribution in [1.82, 2.24) is 10.1 Å². The van der Waals surface area contributed by atoms with Gasteiger partial charge in [0.05, 0.1) is 30.4 Å². The van der Waals surface area contributed by atoms with Gasteiger partial charge in [-0.2, -0.15) is 0 Å². The first kappa shape index (κ1) is 24.6. The van der Waals surface area contributed by atoms with Crippen LogP contribution < -0.4 is 4.74 Å².